The molecule has 2 aromatic heterocycles. The van der Waals surface area contributed by atoms with Crippen LogP contribution in [0.1, 0.15) is 39.1 Å². The van der Waals surface area contributed by atoms with Crippen molar-refractivity contribution in [3.63, 3.8) is 0 Å². The summed E-state index contributed by atoms with van der Waals surface area (Å²) >= 11 is 0. The second kappa shape index (κ2) is 5.60. The number of nitrogens with zero attached hydrogens (tertiary/aromatic N) is 1. The van der Waals surface area contributed by atoms with Crippen LogP contribution in [0.4, 0.5) is 5.69 Å². The van der Waals surface area contributed by atoms with Crippen LogP contribution in [0, 0.1) is 13.8 Å². The number of ether oxygens (including phenoxy) is 1. The van der Waals surface area contributed by atoms with Crippen LogP contribution in [-0.2, 0) is 4.74 Å². The lowest BCUT2D eigenvalue weighted by molar-refractivity contribution is 0.0527. The Morgan fingerprint density at radius 2 is 2.20 bits per heavy atom. The molecule has 7 heteroatoms. The summed E-state index contributed by atoms with van der Waals surface area (Å²) in [4.78, 5) is 26.8. The molecule has 0 aliphatic carbocycles. The van der Waals surface area contributed by atoms with E-state index in [2.05, 4.69) is 15.5 Å². The first-order valence-corrected chi connectivity index (χ1v) is 6.12. The number of carbonyl (C=O) groups excluding carboxylic acids is 2. The van der Waals surface area contributed by atoms with Gasteiger partial charge in [0.05, 0.1) is 18.5 Å². The second-order valence-corrected chi connectivity index (χ2v) is 4.17. The lowest BCUT2D eigenvalue weighted by Crippen LogP contribution is -2.15. The first kappa shape index (κ1) is 13.9. The molecule has 1 amide bonds. The fraction of sp³-hybridized carbons (Fsp3) is 0.308. The third kappa shape index (κ3) is 2.56. The Hall–Kier alpha value is -2.57. The van der Waals surface area contributed by atoms with Gasteiger partial charge in [-0.05, 0) is 20.8 Å². The SMILES string of the molecule is CCOC(=O)c1c(NC(=O)c2cnoc2C)c[nH]c1C. The molecule has 0 fully saturated rings. The third-order valence-corrected chi connectivity index (χ3v) is 2.80. The summed E-state index contributed by atoms with van der Waals surface area (Å²) in [6, 6.07) is 0. The van der Waals surface area contributed by atoms with Crippen molar-refractivity contribution >= 4 is 17.6 Å². The molecule has 0 radical (unpaired) electrons. The van der Waals surface area contributed by atoms with E-state index in [-0.39, 0.29) is 6.61 Å². The van der Waals surface area contributed by atoms with Crippen LogP contribution in [0.2, 0.25) is 0 Å². The van der Waals surface area contributed by atoms with E-state index in [1.165, 1.54) is 6.20 Å². The fourth-order valence-electron chi connectivity index (χ4n) is 1.80. The maximum atomic E-state index is 12.1. The van der Waals surface area contributed by atoms with Gasteiger partial charge in [0.1, 0.15) is 16.9 Å². The maximum Gasteiger partial charge on any atom is 0.342 e. The number of amides is 1. The van der Waals surface area contributed by atoms with Crippen LogP contribution in [-0.4, -0.2) is 28.6 Å². The smallest absolute Gasteiger partial charge is 0.342 e. The number of aromatic nitrogens is 2. The number of aromatic amines is 1. The summed E-state index contributed by atoms with van der Waals surface area (Å²) in [6.45, 7) is 5.35. The zero-order chi connectivity index (χ0) is 14.7. The van der Waals surface area contributed by atoms with Crippen LogP contribution >= 0.6 is 0 Å². The van der Waals surface area contributed by atoms with Gasteiger partial charge >= 0.3 is 5.97 Å². The third-order valence-electron chi connectivity index (χ3n) is 2.80. The van der Waals surface area contributed by atoms with Crippen LogP contribution in [0.5, 0.6) is 0 Å². The molecule has 0 bridgehead atoms. The van der Waals surface area contributed by atoms with Gasteiger partial charge in [-0.25, -0.2) is 4.79 Å². The number of aryl methyl sites for hydroxylation is 2. The molecule has 20 heavy (non-hydrogen) atoms. The van der Waals surface area contributed by atoms with Crippen LogP contribution < -0.4 is 5.32 Å². The number of hydrogen-bond acceptors (Lipinski definition) is 5. The van der Waals surface area contributed by atoms with Crippen molar-refractivity contribution in [3.05, 3.63) is 35.0 Å². The topological polar surface area (TPSA) is 97.2 Å². The molecule has 0 unspecified atom stereocenters. The van der Waals surface area contributed by atoms with Crippen molar-refractivity contribution < 1.29 is 18.8 Å². The predicted octanol–water partition coefficient (Wildman–Crippen LogP) is 2.05. The number of rotatable bonds is 4. The molecular formula is C13H15N3O4. The van der Waals surface area contributed by atoms with E-state index in [4.69, 9.17) is 9.26 Å². The first-order valence-electron chi connectivity index (χ1n) is 6.12. The van der Waals surface area contributed by atoms with Crippen molar-refractivity contribution in [2.24, 2.45) is 0 Å². The number of anilines is 1. The molecule has 0 aromatic carbocycles. The normalized spacial score (nSPS) is 10.3. The molecule has 0 atom stereocenters. The average molecular weight is 277 g/mol. The monoisotopic (exact) mass is 277 g/mol. The molecule has 0 aliphatic rings. The van der Waals surface area contributed by atoms with Crippen LogP contribution in [0.25, 0.3) is 0 Å². The van der Waals surface area contributed by atoms with Crippen molar-refractivity contribution in [2.75, 3.05) is 11.9 Å². The maximum absolute atomic E-state index is 12.1. The van der Waals surface area contributed by atoms with E-state index in [0.717, 1.165) is 0 Å². The number of H-pyrrole nitrogens is 1. The Morgan fingerprint density at radius 1 is 1.45 bits per heavy atom. The van der Waals surface area contributed by atoms with E-state index in [9.17, 15) is 9.59 Å². The number of carbonyl (C=O) groups is 2. The van der Waals surface area contributed by atoms with Gasteiger partial charge < -0.3 is 19.6 Å². The zero-order valence-corrected chi connectivity index (χ0v) is 11.4. The van der Waals surface area contributed by atoms with Crippen LogP contribution in [0.15, 0.2) is 16.9 Å². The molecule has 0 saturated heterocycles. The van der Waals surface area contributed by atoms with Crippen molar-refractivity contribution in [1.82, 2.24) is 10.1 Å². The van der Waals surface area contributed by atoms with E-state index in [1.54, 1.807) is 27.0 Å². The Kier molecular flexibility index (Phi) is 3.88. The Labute approximate surface area is 115 Å². The molecule has 2 rings (SSSR count). The van der Waals surface area contributed by atoms with Gasteiger partial charge in [-0.3, -0.25) is 4.79 Å². The van der Waals surface area contributed by atoms with Gasteiger partial charge in [-0.15, -0.1) is 0 Å². The molecule has 2 heterocycles. The van der Waals surface area contributed by atoms with Crippen LogP contribution in [0.3, 0.4) is 0 Å². The Bertz CT molecular complexity index is 642. The van der Waals surface area contributed by atoms with Gasteiger partial charge in [0.2, 0.25) is 0 Å². The number of hydrogen-bond donors (Lipinski definition) is 2. The highest BCUT2D eigenvalue weighted by atomic mass is 16.5. The highest BCUT2D eigenvalue weighted by Crippen LogP contribution is 2.21. The average Bonchev–Trinajstić information content (AvgIpc) is 2.96. The van der Waals surface area contributed by atoms with E-state index in [1.807, 2.05) is 0 Å². The molecule has 0 aliphatic heterocycles. The predicted molar refractivity (Wildman–Crippen MR) is 70.7 cm³/mol. The second-order valence-electron chi connectivity index (χ2n) is 4.17. The molecule has 2 aromatic rings. The highest BCUT2D eigenvalue weighted by molar-refractivity contribution is 6.08. The first-order chi connectivity index (χ1) is 9.54. The summed E-state index contributed by atoms with van der Waals surface area (Å²) < 4.78 is 9.80. The van der Waals surface area contributed by atoms with Gasteiger partial charge in [0.15, 0.2) is 0 Å². The lowest BCUT2D eigenvalue weighted by atomic mass is 10.2. The van der Waals surface area contributed by atoms with E-state index < -0.39 is 11.9 Å². The zero-order valence-electron chi connectivity index (χ0n) is 11.4. The number of nitrogens with one attached hydrogen (secondary N) is 2. The summed E-state index contributed by atoms with van der Waals surface area (Å²) in [6.07, 6.45) is 2.87. The molecule has 2 N–H and O–H groups in total. The molecule has 7 nitrogen and oxygen atoms in total. The Balaban J connectivity index is 2.24. The van der Waals surface area contributed by atoms with Crippen molar-refractivity contribution in [3.8, 4) is 0 Å². The quantitative estimate of drug-likeness (QED) is 0.833. The Morgan fingerprint density at radius 3 is 2.80 bits per heavy atom. The molecular weight excluding hydrogens is 262 g/mol. The highest BCUT2D eigenvalue weighted by Gasteiger charge is 2.21. The van der Waals surface area contributed by atoms with Gasteiger partial charge in [0.25, 0.3) is 5.91 Å². The summed E-state index contributed by atoms with van der Waals surface area (Å²) in [7, 11) is 0. The van der Waals surface area contributed by atoms with Gasteiger partial charge in [0, 0.05) is 11.9 Å². The van der Waals surface area contributed by atoms with Crippen molar-refractivity contribution in [1.29, 1.82) is 0 Å². The minimum atomic E-state index is -0.483. The minimum Gasteiger partial charge on any atom is -0.462 e. The minimum absolute atomic E-state index is 0.265. The molecule has 0 saturated carbocycles. The summed E-state index contributed by atoms with van der Waals surface area (Å²) in [5.74, 6) is -0.468. The summed E-state index contributed by atoms with van der Waals surface area (Å²) in [5, 5.41) is 6.18. The van der Waals surface area contributed by atoms with E-state index in [0.29, 0.717) is 28.3 Å². The molecule has 106 valence electrons. The summed E-state index contributed by atoms with van der Waals surface area (Å²) in [5.41, 5.74) is 1.63. The molecule has 0 spiro atoms. The van der Waals surface area contributed by atoms with Gasteiger partial charge in [-0.2, -0.15) is 0 Å². The van der Waals surface area contributed by atoms with Gasteiger partial charge in [-0.1, -0.05) is 5.16 Å². The van der Waals surface area contributed by atoms with Crippen molar-refractivity contribution in [2.45, 2.75) is 20.8 Å². The lowest BCUT2D eigenvalue weighted by Gasteiger charge is -2.06. The number of esters is 1. The standard InChI is InChI=1S/C13H15N3O4/c1-4-19-13(18)11-7(2)14-6-10(11)16-12(17)9-5-15-20-8(9)3/h5-6,14H,4H2,1-3H3,(H,16,17). The fourth-order valence-corrected chi connectivity index (χ4v) is 1.80. The largest absolute Gasteiger partial charge is 0.462 e. The van der Waals surface area contributed by atoms with E-state index >= 15 is 0 Å².